The minimum absolute atomic E-state index is 0.630. The SMILES string of the molecule is CC.CC.CCc1ccccc1/C=C\C(C)C. The van der Waals surface area contributed by atoms with Gasteiger partial charge >= 0.3 is 0 Å². The molecule has 17 heavy (non-hydrogen) atoms. The fraction of sp³-hybridized carbons (Fsp3) is 0.529. The van der Waals surface area contributed by atoms with Crippen molar-refractivity contribution in [2.75, 3.05) is 0 Å². The first-order valence-electron chi connectivity index (χ1n) is 7.00. The molecule has 0 heteroatoms. The van der Waals surface area contributed by atoms with E-state index in [1.165, 1.54) is 11.1 Å². The number of rotatable bonds is 3. The summed E-state index contributed by atoms with van der Waals surface area (Å²) >= 11 is 0. The average Bonchev–Trinajstić information content (AvgIpc) is 2.41. The Morgan fingerprint density at radius 2 is 1.53 bits per heavy atom. The van der Waals surface area contributed by atoms with Gasteiger partial charge in [0.2, 0.25) is 0 Å². The quantitative estimate of drug-likeness (QED) is 0.604. The lowest BCUT2D eigenvalue weighted by molar-refractivity contribution is 0.836. The molecule has 0 aliphatic heterocycles. The Morgan fingerprint density at radius 3 is 2.00 bits per heavy atom. The minimum Gasteiger partial charge on any atom is -0.0814 e. The number of aryl methyl sites for hydroxylation is 1. The molecule has 0 bridgehead atoms. The summed E-state index contributed by atoms with van der Waals surface area (Å²) in [4.78, 5) is 0. The van der Waals surface area contributed by atoms with Crippen LogP contribution in [-0.2, 0) is 6.42 Å². The molecule has 0 amide bonds. The first-order chi connectivity index (χ1) is 8.24. The summed E-state index contributed by atoms with van der Waals surface area (Å²) in [6.45, 7) is 14.6. The van der Waals surface area contributed by atoms with Gasteiger partial charge in [-0.25, -0.2) is 0 Å². The van der Waals surface area contributed by atoms with Crippen LogP contribution in [0, 0.1) is 5.92 Å². The average molecular weight is 234 g/mol. The van der Waals surface area contributed by atoms with Crippen molar-refractivity contribution in [2.45, 2.75) is 54.9 Å². The molecule has 0 saturated carbocycles. The molecule has 0 nitrogen and oxygen atoms in total. The van der Waals surface area contributed by atoms with Gasteiger partial charge in [0.25, 0.3) is 0 Å². The van der Waals surface area contributed by atoms with Crippen molar-refractivity contribution in [3.8, 4) is 0 Å². The molecule has 0 saturated heterocycles. The number of hydrogen-bond acceptors (Lipinski definition) is 0. The Bertz CT molecular complexity index is 282. The number of allylic oxidation sites excluding steroid dienone is 1. The zero-order chi connectivity index (χ0) is 13.7. The van der Waals surface area contributed by atoms with E-state index in [1.54, 1.807) is 0 Å². The number of benzene rings is 1. The Labute approximate surface area is 109 Å². The van der Waals surface area contributed by atoms with Gasteiger partial charge in [-0.05, 0) is 23.5 Å². The molecule has 0 aliphatic rings. The van der Waals surface area contributed by atoms with Gasteiger partial charge in [0.15, 0.2) is 0 Å². The molecule has 1 aromatic rings. The lowest BCUT2D eigenvalue weighted by Gasteiger charge is -2.02. The van der Waals surface area contributed by atoms with Crippen LogP contribution in [0.3, 0.4) is 0 Å². The second-order valence-corrected chi connectivity index (χ2v) is 3.66. The molecule has 0 N–H and O–H groups in total. The fourth-order valence-electron chi connectivity index (χ4n) is 1.31. The van der Waals surface area contributed by atoms with Crippen molar-refractivity contribution >= 4 is 6.08 Å². The molecule has 0 heterocycles. The summed E-state index contributed by atoms with van der Waals surface area (Å²) in [5, 5.41) is 0. The molecule has 0 aromatic heterocycles. The highest BCUT2D eigenvalue weighted by atomic mass is 14.0. The minimum atomic E-state index is 0.630. The third-order valence-electron chi connectivity index (χ3n) is 2.10. The lowest BCUT2D eigenvalue weighted by Crippen LogP contribution is -1.85. The summed E-state index contributed by atoms with van der Waals surface area (Å²) in [6.07, 6.45) is 5.58. The summed E-state index contributed by atoms with van der Waals surface area (Å²) in [6, 6.07) is 8.57. The van der Waals surface area contributed by atoms with Crippen molar-refractivity contribution in [1.82, 2.24) is 0 Å². The van der Waals surface area contributed by atoms with Gasteiger partial charge in [0, 0.05) is 0 Å². The first kappa shape index (κ1) is 18.3. The van der Waals surface area contributed by atoms with E-state index in [9.17, 15) is 0 Å². The molecule has 0 radical (unpaired) electrons. The zero-order valence-electron chi connectivity index (χ0n) is 12.7. The molecular weight excluding hydrogens is 204 g/mol. The van der Waals surface area contributed by atoms with E-state index in [-0.39, 0.29) is 0 Å². The van der Waals surface area contributed by atoms with Gasteiger partial charge in [-0.2, -0.15) is 0 Å². The normalized spacial score (nSPS) is 9.41. The maximum Gasteiger partial charge on any atom is -0.0228 e. The van der Waals surface area contributed by atoms with E-state index >= 15 is 0 Å². The van der Waals surface area contributed by atoms with Gasteiger partial charge in [0.05, 0.1) is 0 Å². The molecule has 0 aliphatic carbocycles. The van der Waals surface area contributed by atoms with Crippen LogP contribution in [-0.4, -0.2) is 0 Å². The van der Waals surface area contributed by atoms with Crippen molar-refractivity contribution in [2.24, 2.45) is 5.92 Å². The maximum absolute atomic E-state index is 2.24. The van der Waals surface area contributed by atoms with Crippen molar-refractivity contribution in [3.05, 3.63) is 41.5 Å². The third kappa shape index (κ3) is 8.74. The van der Waals surface area contributed by atoms with E-state index in [2.05, 4.69) is 57.2 Å². The summed E-state index contributed by atoms with van der Waals surface area (Å²) in [5.74, 6) is 0.630. The van der Waals surface area contributed by atoms with Gasteiger partial charge in [-0.1, -0.05) is 84.9 Å². The molecule has 98 valence electrons. The summed E-state index contributed by atoms with van der Waals surface area (Å²) < 4.78 is 0. The Morgan fingerprint density at radius 1 is 1.00 bits per heavy atom. The van der Waals surface area contributed by atoms with Crippen molar-refractivity contribution < 1.29 is 0 Å². The van der Waals surface area contributed by atoms with Gasteiger partial charge in [-0.15, -0.1) is 0 Å². The summed E-state index contributed by atoms with van der Waals surface area (Å²) in [5.41, 5.74) is 2.79. The van der Waals surface area contributed by atoms with E-state index in [0.717, 1.165) is 6.42 Å². The Hall–Kier alpha value is -1.04. The van der Waals surface area contributed by atoms with E-state index < -0.39 is 0 Å². The van der Waals surface area contributed by atoms with Gasteiger partial charge in [-0.3, -0.25) is 0 Å². The van der Waals surface area contributed by atoms with Crippen LogP contribution in [0.5, 0.6) is 0 Å². The van der Waals surface area contributed by atoms with E-state index in [1.807, 2.05) is 27.7 Å². The largest absolute Gasteiger partial charge is 0.0814 e. The molecular formula is C17H30. The molecule has 0 fully saturated rings. The van der Waals surface area contributed by atoms with Crippen LogP contribution in [0.1, 0.15) is 59.6 Å². The van der Waals surface area contributed by atoms with Crippen molar-refractivity contribution in [3.63, 3.8) is 0 Å². The molecule has 0 spiro atoms. The van der Waals surface area contributed by atoms with Crippen molar-refractivity contribution in [1.29, 1.82) is 0 Å². The molecule has 1 aromatic carbocycles. The van der Waals surface area contributed by atoms with E-state index in [0.29, 0.717) is 5.92 Å². The van der Waals surface area contributed by atoms with Crippen LogP contribution in [0.15, 0.2) is 30.3 Å². The van der Waals surface area contributed by atoms with Crippen LogP contribution >= 0.6 is 0 Å². The van der Waals surface area contributed by atoms with E-state index in [4.69, 9.17) is 0 Å². The second kappa shape index (κ2) is 13.0. The van der Waals surface area contributed by atoms with Gasteiger partial charge < -0.3 is 0 Å². The van der Waals surface area contributed by atoms with Crippen LogP contribution in [0.4, 0.5) is 0 Å². The molecule has 0 unspecified atom stereocenters. The number of hydrogen-bond donors (Lipinski definition) is 0. The predicted octanol–water partition coefficient (Wildman–Crippen LogP) is 5.97. The smallest absolute Gasteiger partial charge is 0.0228 e. The molecule has 1 rings (SSSR count). The standard InChI is InChI=1S/C13H18.2C2H6/c1-4-12-7-5-6-8-13(12)10-9-11(2)3;2*1-2/h5-11H,4H2,1-3H3;2*1-2H3/b10-9-;;. The topological polar surface area (TPSA) is 0 Å². The second-order valence-electron chi connectivity index (χ2n) is 3.66. The molecule has 0 atom stereocenters. The highest BCUT2D eigenvalue weighted by Crippen LogP contribution is 2.12. The highest BCUT2D eigenvalue weighted by molar-refractivity contribution is 5.53. The predicted molar refractivity (Wildman–Crippen MR) is 82.4 cm³/mol. The summed E-state index contributed by atoms with van der Waals surface area (Å²) in [7, 11) is 0. The van der Waals surface area contributed by atoms with Crippen LogP contribution in [0.2, 0.25) is 0 Å². The Kier molecular flexibility index (Phi) is 14.0. The van der Waals surface area contributed by atoms with Gasteiger partial charge in [0.1, 0.15) is 0 Å². The third-order valence-corrected chi connectivity index (χ3v) is 2.10. The fourth-order valence-corrected chi connectivity index (χ4v) is 1.31. The van der Waals surface area contributed by atoms with Crippen LogP contribution < -0.4 is 0 Å². The first-order valence-corrected chi connectivity index (χ1v) is 7.00. The zero-order valence-corrected chi connectivity index (χ0v) is 12.7. The highest BCUT2D eigenvalue weighted by Gasteiger charge is 1.94. The lowest BCUT2D eigenvalue weighted by atomic mass is 10.0. The van der Waals surface area contributed by atoms with Crippen LogP contribution in [0.25, 0.3) is 6.08 Å². The maximum atomic E-state index is 2.24. The monoisotopic (exact) mass is 234 g/mol. The Balaban J connectivity index is 0.